The quantitative estimate of drug-likeness (QED) is 0.774. The summed E-state index contributed by atoms with van der Waals surface area (Å²) in [6, 6.07) is 14.3. The summed E-state index contributed by atoms with van der Waals surface area (Å²) >= 11 is 0. The molecule has 7 heteroatoms. The third kappa shape index (κ3) is 3.93. The molecule has 6 nitrogen and oxygen atoms in total. The first-order valence-corrected chi connectivity index (χ1v) is 9.19. The monoisotopic (exact) mass is 399 g/mol. The van der Waals surface area contributed by atoms with Crippen molar-refractivity contribution in [2.24, 2.45) is 0 Å². The van der Waals surface area contributed by atoms with Crippen molar-refractivity contribution >= 4 is 30.1 Å². The largest absolute Gasteiger partial charge is 0.349 e. The fraction of sp³-hybridized carbons (Fsp3) is 0.286. The van der Waals surface area contributed by atoms with Crippen LogP contribution >= 0.6 is 12.4 Å². The van der Waals surface area contributed by atoms with E-state index in [1.54, 1.807) is 12.1 Å². The number of benzene rings is 2. The van der Waals surface area contributed by atoms with E-state index >= 15 is 0 Å². The molecule has 2 N–H and O–H groups in total. The Labute approximate surface area is 169 Å². The number of carbonyl (C=O) groups is 3. The maximum atomic E-state index is 12.7. The van der Waals surface area contributed by atoms with E-state index in [1.807, 2.05) is 30.3 Å². The smallest absolute Gasteiger partial charge is 0.261 e. The summed E-state index contributed by atoms with van der Waals surface area (Å²) in [4.78, 5) is 39.1. The average Bonchev–Trinajstić information content (AvgIpc) is 2.94. The molecule has 0 aliphatic carbocycles. The lowest BCUT2D eigenvalue weighted by atomic mass is 10.0. The van der Waals surface area contributed by atoms with E-state index in [2.05, 4.69) is 10.6 Å². The van der Waals surface area contributed by atoms with E-state index in [4.69, 9.17) is 0 Å². The van der Waals surface area contributed by atoms with Crippen LogP contribution in [-0.4, -0.2) is 41.8 Å². The molecule has 0 saturated carbocycles. The number of rotatable bonds is 4. The maximum absolute atomic E-state index is 12.7. The Hall–Kier alpha value is -2.70. The molecule has 0 aromatic heterocycles. The minimum absolute atomic E-state index is 0. The molecule has 2 heterocycles. The van der Waals surface area contributed by atoms with Crippen molar-refractivity contribution in [1.29, 1.82) is 0 Å². The number of carbonyl (C=O) groups excluding carboxylic acids is 3. The van der Waals surface area contributed by atoms with Crippen LogP contribution in [0.3, 0.4) is 0 Å². The van der Waals surface area contributed by atoms with Crippen LogP contribution in [-0.2, 0) is 6.54 Å². The van der Waals surface area contributed by atoms with Crippen LogP contribution in [0.2, 0.25) is 0 Å². The van der Waals surface area contributed by atoms with Gasteiger partial charge < -0.3 is 10.6 Å². The molecule has 146 valence electrons. The standard InChI is InChI=1S/C21H21N3O3.ClH/c25-19(23-16-8-10-22-11-9-16)15-6-7-17-18(12-15)21(27)24(20(17)26)13-14-4-2-1-3-5-14;/h1-7,12,16,22H,8-11,13H2,(H,23,25);1H. The van der Waals surface area contributed by atoms with Crippen LogP contribution in [0, 0.1) is 0 Å². The summed E-state index contributed by atoms with van der Waals surface area (Å²) in [6.07, 6.45) is 1.78. The van der Waals surface area contributed by atoms with E-state index in [0.717, 1.165) is 31.5 Å². The first-order valence-electron chi connectivity index (χ1n) is 9.19. The first kappa shape index (κ1) is 20.0. The summed E-state index contributed by atoms with van der Waals surface area (Å²) in [5.41, 5.74) is 1.95. The van der Waals surface area contributed by atoms with Gasteiger partial charge in [0, 0.05) is 11.6 Å². The fourth-order valence-electron chi connectivity index (χ4n) is 3.58. The summed E-state index contributed by atoms with van der Waals surface area (Å²) in [6.45, 7) is 2.00. The topological polar surface area (TPSA) is 78.5 Å². The highest BCUT2D eigenvalue weighted by Crippen LogP contribution is 2.25. The molecule has 0 unspecified atom stereocenters. The first-order chi connectivity index (χ1) is 13.1. The second-order valence-electron chi connectivity index (χ2n) is 6.94. The molecule has 2 aromatic carbocycles. The number of imide groups is 1. The zero-order valence-electron chi connectivity index (χ0n) is 15.3. The maximum Gasteiger partial charge on any atom is 0.261 e. The van der Waals surface area contributed by atoms with Crippen LogP contribution in [0.25, 0.3) is 0 Å². The SMILES string of the molecule is Cl.O=C(NC1CCNCC1)c1ccc2c(c1)C(=O)N(Cc1ccccc1)C2=O. The zero-order valence-corrected chi connectivity index (χ0v) is 16.1. The van der Waals surface area contributed by atoms with Crippen molar-refractivity contribution in [2.75, 3.05) is 13.1 Å². The molecule has 1 saturated heterocycles. The molecule has 3 amide bonds. The van der Waals surface area contributed by atoms with Crippen LogP contribution in [0.5, 0.6) is 0 Å². The average molecular weight is 400 g/mol. The van der Waals surface area contributed by atoms with Gasteiger partial charge >= 0.3 is 0 Å². The molecule has 0 atom stereocenters. The molecule has 0 radical (unpaired) electrons. The van der Waals surface area contributed by atoms with Gasteiger partial charge in [-0.15, -0.1) is 12.4 Å². The van der Waals surface area contributed by atoms with Crippen molar-refractivity contribution in [2.45, 2.75) is 25.4 Å². The van der Waals surface area contributed by atoms with Gasteiger partial charge in [0.05, 0.1) is 17.7 Å². The normalized spacial score (nSPS) is 16.5. The van der Waals surface area contributed by atoms with Gasteiger partial charge in [-0.1, -0.05) is 30.3 Å². The van der Waals surface area contributed by atoms with Crippen molar-refractivity contribution in [3.63, 3.8) is 0 Å². The Morgan fingerprint density at radius 1 is 1.00 bits per heavy atom. The van der Waals surface area contributed by atoms with Crippen molar-refractivity contribution < 1.29 is 14.4 Å². The summed E-state index contributed by atoms with van der Waals surface area (Å²) < 4.78 is 0. The second-order valence-corrected chi connectivity index (χ2v) is 6.94. The predicted molar refractivity (Wildman–Crippen MR) is 108 cm³/mol. The van der Waals surface area contributed by atoms with Crippen molar-refractivity contribution in [3.8, 4) is 0 Å². The molecule has 2 aliphatic heterocycles. The predicted octanol–water partition coefficient (Wildman–Crippen LogP) is 2.39. The van der Waals surface area contributed by atoms with Crippen LogP contribution in [0.1, 0.15) is 49.5 Å². The Morgan fingerprint density at radius 3 is 2.39 bits per heavy atom. The van der Waals surface area contributed by atoms with Crippen molar-refractivity contribution in [1.82, 2.24) is 15.5 Å². The van der Waals surface area contributed by atoms with Gasteiger partial charge in [-0.05, 0) is 49.7 Å². The minimum Gasteiger partial charge on any atom is -0.349 e. The molecule has 1 fully saturated rings. The van der Waals surface area contributed by atoms with Crippen LogP contribution in [0.15, 0.2) is 48.5 Å². The molecule has 0 spiro atoms. The third-order valence-corrected chi connectivity index (χ3v) is 5.09. The number of amides is 3. The number of nitrogens with one attached hydrogen (secondary N) is 2. The minimum atomic E-state index is -0.352. The van der Waals surface area contributed by atoms with Crippen LogP contribution < -0.4 is 10.6 Å². The van der Waals surface area contributed by atoms with Gasteiger partial charge in [0.15, 0.2) is 0 Å². The second kappa shape index (κ2) is 8.54. The van der Waals surface area contributed by atoms with Gasteiger partial charge in [0.1, 0.15) is 0 Å². The fourth-order valence-corrected chi connectivity index (χ4v) is 3.58. The summed E-state index contributed by atoms with van der Waals surface area (Å²) in [7, 11) is 0. The highest BCUT2D eigenvalue weighted by molar-refractivity contribution is 6.22. The molecule has 0 bridgehead atoms. The van der Waals surface area contributed by atoms with E-state index in [0.29, 0.717) is 16.7 Å². The van der Waals surface area contributed by atoms with Crippen LogP contribution in [0.4, 0.5) is 0 Å². The third-order valence-electron chi connectivity index (χ3n) is 5.09. The van der Waals surface area contributed by atoms with E-state index in [-0.39, 0.29) is 42.7 Å². The van der Waals surface area contributed by atoms with Gasteiger partial charge in [-0.3, -0.25) is 19.3 Å². The van der Waals surface area contributed by atoms with Gasteiger partial charge in [0.2, 0.25) is 0 Å². The van der Waals surface area contributed by atoms with Gasteiger partial charge in [-0.2, -0.15) is 0 Å². The highest BCUT2D eigenvalue weighted by atomic mass is 35.5. The highest BCUT2D eigenvalue weighted by Gasteiger charge is 2.36. The van der Waals surface area contributed by atoms with E-state index in [9.17, 15) is 14.4 Å². The Kier molecular flexibility index (Phi) is 6.11. The molecule has 2 aliphatic rings. The number of halogens is 1. The lowest BCUT2D eigenvalue weighted by Gasteiger charge is -2.23. The molecule has 28 heavy (non-hydrogen) atoms. The Morgan fingerprint density at radius 2 is 1.68 bits per heavy atom. The lowest BCUT2D eigenvalue weighted by molar-refractivity contribution is 0.0642. The van der Waals surface area contributed by atoms with Gasteiger partial charge in [-0.25, -0.2) is 0 Å². The van der Waals surface area contributed by atoms with E-state index < -0.39 is 0 Å². The van der Waals surface area contributed by atoms with Crippen molar-refractivity contribution in [3.05, 3.63) is 70.8 Å². The summed E-state index contributed by atoms with van der Waals surface area (Å²) in [5.74, 6) is -0.869. The molecular weight excluding hydrogens is 378 g/mol. The number of nitrogens with zero attached hydrogens (tertiary/aromatic N) is 1. The summed E-state index contributed by atoms with van der Waals surface area (Å²) in [5, 5.41) is 6.27. The number of hydrogen-bond acceptors (Lipinski definition) is 4. The zero-order chi connectivity index (χ0) is 18.8. The Bertz CT molecular complexity index is 895. The molecule has 4 rings (SSSR count). The number of hydrogen-bond donors (Lipinski definition) is 2. The Balaban J connectivity index is 0.00000225. The molecular formula is C21H22ClN3O3. The van der Waals surface area contributed by atoms with E-state index in [1.165, 1.54) is 11.0 Å². The molecule has 2 aromatic rings. The number of piperidine rings is 1. The lowest BCUT2D eigenvalue weighted by Crippen LogP contribution is -2.42. The van der Waals surface area contributed by atoms with Gasteiger partial charge in [0.25, 0.3) is 17.7 Å². The number of fused-ring (bicyclic) bond motifs is 1.